The summed E-state index contributed by atoms with van der Waals surface area (Å²) in [6, 6.07) is 10.8. The van der Waals surface area contributed by atoms with E-state index in [0.29, 0.717) is 11.8 Å². The molecule has 0 unspecified atom stereocenters. The zero-order valence-corrected chi connectivity index (χ0v) is 20.5. The minimum atomic E-state index is 0.170. The molecule has 0 atom stereocenters. The molecule has 1 amide bonds. The van der Waals surface area contributed by atoms with Crippen molar-refractivity contribution in [1.82, 2.24) is 19.7 Å². The summed E-state index contributed by atoms with van der Waals surface area (Å²) >= 11 is 7.99. The zero-order valence-electron chi connectivity index (χ0n) is 18.9. The molecule has 0 radical (unpaired) electrons. The first kappa shape index (κ1) is 22.1. The van der Waals surface area contributed by atoms with Gasteiger partial charge in [0.2, 0.25) is 5.91 Å². The number of carbonyl (C=O) groups excluding carboxylic acids is 1. The number of allylic oxidation sites excluding steroid dienone is 3. The van der Waals surface area contributed by atoms with Gasteiger partial charge in [0.25, 0.3) is 0 Å². The highest BCUT2D eigenvalue weighted by molar-refractivity contribution is 7.15. The molecule has 170 valence electrons. The van der Waals surface area contributed by atoms with Gasteiger partial charge < -0.3 is 4.90 Å². The Bertz CT molecular complexity index is 1250. The monoisotopic (exact) mass is 478 g/mol. The van der Waals surface area contributed by atoms with E-state index in [1.807, 2.05) is 23.2 Å². The molecule has 0 bridgehead atoms. The lowest BCUT2D eigenvalue weighted by Gasteiger charge is -2.30. The van der Waals surface area contributed by atoms with Crippen LogP contribution in [0.25, 0.3) is 10.6 Å². The highest BCUT2D eigenvalue weighted by Crippen LogP contribution is 2.42. The Labute approximate surface area is 203 Å². The van der Waals surface area contributed by atoms with Crippen molar-refractivity contribution < 1.29 is 4.79 Å². The number of thiophene rings is 1. The lowest BCUT2D eigenvalue weighted by Crippen LogP contribution is -2.36. The summed E-state index contributed by atoms with van der Waals surface area (Å²) in [6.07, 6.45) is 9.18. The normalized spacial score (nSPS) is 19.0. The van der Waals surface area contributed by atoms with Crippen LogP contribution >= 0.6 is 22.9 Å². The maximum atomic E-state index is 11.8. The summed E-state index contributed by atoms with van der Waals surface area (Å²) in [6.45, 7) is 5.32. The number of amides is 1. The third-order valence-electron chi connectivity index (χ3n) is 6.55. The molecule has 33 heavy (non-hydrogen) atoms. The third kappa shape index (κ3) is 4.30. The quantitative estimate of drug-likeness (QED) is 0.457. The fourth-order valence-corrected chi connectivity index (χ4v) is 6.32. The number of alkyl halides is 1. The Balaban J connectivity index is 1.63. The number of likely N-dealkylation sites (tertiary alicyclic amines) is 1. The van der Waals surface area contributed by atoms with Crippen molar-refractivity contribution in [1.29, 1.82) is 0 Å². The first-order chi connectivity index (χ1) is 16.0. The minimum absolute atomic E-state index is 0.170. The Morgan fingerprint density at radius 1 is 1.21 bits per heavy atom. The van der Waals surface area contributed by atoms with Crippen molar-refractivity contribution in [2.24, 2.45) is 0 Å². The van der Waals surface area contributed by atoms with Crippen molar-refractivity contribution in [3.63, 3.8) is 0 Å². The van der Waals surface area contributed by atoms with Crippen molar-refractivity contribution in [2.75, 3.05) is 13.1 Å². The van der Waals surface area contributed by atoms with Gasteiger partial charge >= 0.3 is 0 Å². The molecule has 2 aliphatic rings. The van der Waals surface area contributed by atoms with Crippen molar-refractivity contribution in [3.8, 4) is 5.00 Å². The number of hydrogen-bond donors (Lipinski definition) is 0. The first-order valence-electron chi connectivity index (χ1n) is 11.4. The fourth-order valence-electron chi connectivity index (χ4n) is 4.74. The van der Waals surface area contributed by atoms with Crippen LogP contribution in [0.2, 0.25) is 0 Å². The summed E-state index contributed by atoms with van der Waals surface area (Å²) < 4.78 is 2.21. The van der Waals surface area contributed by atoms with E-state index >= 15 is 0 Å². The molecule has 2 aromatic heterocycles. The van der Waals surface area contributed by atoms with Gasteiger partial charge in [-0.15, -0.1) is 33.1 Å². The second kappa shape index (κ2) is 9.27. The Morgan fingerprint density at radius 3 is 2.79 bits per heavy atom. The Hall–Kier alpha value is -2.70. The van der Waals surface area contributed by atoms with E-state index in [1.165, 1.54) is 21.0 Å². The van der Waals surface area contributed by atoms with E-state index in [1.54, 1.807) is 6.92 Å². The van der Waals surface area contributed by atoms with Crippen molar-refractivity contribution in [3.05, 3.63) is 81.8 Å². The van der Waals surface area contributed by atoms with Crippen LogP contribution in [0.3, 0.4) is 0 Å². The van der Waals surface area contributed by atoms with E-state index in [2.05, 4.69) is 63.3 Å². The Kier molecular flexibility index (Phi) is 6.21. The lowest BCUT2D eigenvalue weighted by atomic mass is 9.92. The van der Waals surface area contributed by atoms with E-state index in [0.717, 1.165) is 55.1 Å². The zero-order chi connectivity index (χ0) is 22.9. The molecule has 1 saturated heterocycles. The second-order valence-corrected chi connectivity index (χ2v) is 10.0. The molecule has 1 fully saturated rings. The number of aryl methyl sites for hydroxylation is 1. The van der Waals surface area contributed by atoms with Gasteiger partial charge in [0.1, 0.15) is 16.6 Å². The highest BCUT2D eigenvalue weighted by atomic mass is 35.5. The van der Waals surface area contributed by atoms with Gasteiger partial charge in [-0.3, -0.25) is 9.36 Å². The molecule has 7 heteroatoms. The number of aromatic nitrogens is 3. The lowest BCUT2D eigenvalue weighted by molar-refractivity contribution is -0.129. The van der Waals surface area contributed by atoms with E-state index in [-0.39, 0.29) is 5.91 Å². The van der Waals surface area contributed by atoms with E-state index < -0.39 is 0 Å². The second-order valence-electron chi connectivity index (χ2n) is 8.69. The van der Waals surface area contributed by atoms with Gasteiger partial charge in [-0.25, -0.2) is 0 Å². The molecule has 3 aromatic rings. The van der Waals surface area contributed by atoms with Gasteiger partial charge in [-0.2, -0.15) is 0 Å². The van der Waals surface area contributed by atoms with Crippen LogP contribution in [0.1, 0.15) is 58.9 Å². The molecular formula is C26H27ClN4OS. The number of halogens is 1. The van der Waals surface area contributed by atoms with Crippen LogP contribution in [0, 0.1) is 6.92 Å². The SMILES string of the molecule is CC(=O)N1CCC(c2cc3c(s2)-n2c(C)nnc2C/C=C/C=C/3c2cccc(CCl)c2)CC1. The smallest absolute Gasteiger partial charge is 0.219 e. The van der Waals surface area contributed by atoms with Crippen LogP contribution in [-0.2, 0) is 17.1 Å². The molecule has 0 spiro atoms. The van der Waals surface area contributed by atoms with E-state index in [4.69, 9.17) is 11.6 Å². The molecule has 0 saturated carbocycles. The largest absolute Gasteiger partial charge is 0.343 e. The average molecular weight is 479 g/mol. The van der Waals surface area contributed by atoms with Gasteiger partial charge in [-0.05, 0) is 54.5 Å². The van der Waals surface area contributed by atoms with Gasteiger partial charge in [-0.1, -0.05) is 36.4 Å². The predicted octanol–water partition coefficient (Wildman–Crippen LogP) is 5.65. The summed E-state index contributed by atoms with van der Waals surface area (Å²) in [7, 11) is 0. The summed E-state index contributed by atoms with van der Waals surface area (Å²) in [5.74, 6) is 2.96. The topological polar surface area (TPSA) is 51.0 Å². The fraction of sp³-hybridized carbons (Fsp3) is 0.346. The molecule has 0 N–H and O–H groups in total. The van der Waals surface area contributed by atoms with Crippen LogP contribution in [0.5, 0.6) is 0 Å². The molecule has 5 nitrogen and oxygen atoms in total. The number of nitrogens with zero attached hydrogens (tertiary/aromatic N) is 4. The highest BCUT2D eigenvalue weighted by Gasteiger charge is 2.27. The molecule has 4 heterocycles. The maximum Gasteiger partial charge on any atom is 0.219 e. The van der Waals surface area contributed by atoms with Gasteiger partial charge in [0.05, 0.1) is 0 Å². The van der Waals surface area contributed by atoms with Crippen molar-refractivity contribution >= 4 is 34.4 Å². The molecule has 1 aromatic carbocycles. The van der Waals surface area contributed by atoms with Gasteiger partial charge in [0.15, 0.2) is 0 Å². The third-order valence-corrected chi connectivity index (χ3v) is 8.14. The van der Waals surface area contributed by atoms with E-state index in [9.17, 15) is 4.79 Å². The van der Waals surface area contributed by atoms with Crippen LogP contribution in [-0.4, -0.2) is 38.7 Å². The standard InChI is InChI=1S/C26H27ClN4OS/c1-17-28-29-25-9-4-3-8-22(21-7-5-6-19(14-21)16-27)23-15-24(33-26(23)31(17)25)20-10-12-30(13-11-20)18(2)32/h3-8,14-15,20H,9-13,16H2,1-2H3/b4-3+,22-8+. The van der Waals surface area contributed by atoms with Crippen LogP contribution in [0.4, 0.5) is 0 Å². The number of piperidine rings is 1. The molecule has 2 aliphatic heterocycles. The summed E-state index contributed by atoms with van der Waals surface area (Å²) in [4.78, 5) is 15.1. The van der Waals surface area contributed by atoms with Crippen LogP contribution in [0.15, 0.2) is 48.6 Å². The maximum absolute atomic E-state index is 11.8. The first-order valence-corrected chi connectivity index (χ1v) is 12.7. The molecular weight excluding hydrogens is 452 g/mol. The van der Waals surface area contributed by atoms with Gasteiger partial charge in [0, 0.05) is 42.8 Å². The summed E-state index contributed by atoms with van der Waals surface area (Å²) in [5, 5.41) is 10.0. The van der Waals surface area contributed by atoms with Crippen molar-refractivity contribution in [2.45, 2.75) is 44.9 Å². The number of benzene rings is 1. The number of hydrogen-bond acceptors (Lipinski definition) is 4. The minimum Gasteiger partial charge on any atom is -0.343 e. The molecule has 0 aliphatic carbocycles. The van der Waals surface area contributed by atoms with Crippen LogP contribution < -0.4 is 0 Å². The number of fused-ring (bicyclic) bond motifs is 3. The Morgan fingerprint density at radius 2 is 2.03 bits per heavy atom. The number of carbonyl (C=O) groups is 1. The predicted molar refractivity (Wildman–Crippen MR) is 134 cm³/mol. The summed E-state index contributed by atoms with van der Waals surface area (Å²) in [5.41, 5.74) is 4.64. The average Bonchev–Trinajstić information content (AvgIpc) is 3.43. The molecule has 5 rings (SSSR count). The number of rotatable bonds is 3.